The molecule has 0 aromatic carbocycles. The molecule has 1 heterocycles. The lowest BCUT2D eigenvalue weighted by Crippen LogP contribution is -2.39. The first-order valence-corrected chi connectivity index (χ1v) is 9.00. The number of rotatable bonds is 6. The SMILES string of the molecule is CC1CCCC(N(C)S(=O)(=O)c2cnn(CCCO)c2)C1. The van der Waals surface area contributed by atoms with E-state index in [1.54, 1.807) is 17.9 Å². The average molecular weight is 315 g/mol. The van der Waals surface area contributed by atoms with E-state index in [-0.39, 0.29) is 17.5 Å². The molecule has 0 spiro atoms. The van der Waals surface area contributed by atoms with Gasteiger partial charge in [0.05, 0.1) is 6.20 Å². The van der Waals surface area contributed by atoms with E-state index < -0.39 is 10.0 Å². The van der Waals surface area contributed by atoms with E-state index in [0.29, 0.717) is 18.9 Å². The van der Waals surface area contributed by atoms with E-state index in [4.69, 9.17) is 5.11 Å². The van der Waals surface area contributed by atoms with Gasteiger partial charge in [-0.3, -0.25) is 4.68 Å². The van der Waals surface area contributed by atoms with Gasteiger partial charge in [-0.15, -0.1) is 0 Å². The molecule has 0 amide bonds. The fourth-order valence-corrected chi connectivity index (χ4v) is 4.28. The highest BCUT2D eigenvalue weighted by atomic mass is 32.2. The van der Waals surface area contributed by atoms with Crippen LogP contribution in [-0.4, -0.2) is 47.3 Å². The first-order chi connectivity index (χ1) is 9.95. The van der Waals surface area contributed by atoms with Crippen LogP contribution in [0.15, 0.2) is 17.3 Å². The lowest BCUT2D eigenvalue weighted by atomic mass is 9.87. The van der Waals surface area contributed by atoms with Crippen molar-refractivity contribution >= 4 is 10.0 Å². The molecule has 1 saturated carbocycles. The van der Waals surface area contributed by atoms with Gasteiger partial charge in [-0.25, -0.2) is 8.42 Å². The summed E-state index contributed by atoms with van der Waals surface area (Å²) in [6, 6.07) is 0.0829. The van der Waals surface area contributed by atoms with Crippen molar-refractivity contribution in [3.8, 4) is 0 Å². The second-order valence-corrected chi connectivity index (χ2v) is 7.96. The van der Waals surface area contributed by atoms with E-state index >= 15 is 0 Å². The number of hydrogen-bond donors (Lipinski definition) is 1. The van der Waals surface area contributed by atoms with Crippen LogP contribution in [0.25, 0.3) is 0 Å². The Morgan fingerprint density at radius 1 is 1.48 bits per heavy atom. The summed E-state index contributed by atoms with van der Waals surface area (Å²) in [7, 11) is -1.81. The minimum Gasteiger partial charge on any atom is -0.396 e. The molecule has 1 fully saturated rings. The zero-order valence-electron chi connectivity index (χ0n) is 12.8. The molecule has 7 heteroatoms. The highest BCUT2D eigenvalue weighted by molar-refractivity contribution is 7.89. The number of aryl methyl sites for hydroxylation is 1. The van der Waals surface area contributed by atoms with Crippen LogP contribution in [0.3, 0.4) is 0 Å². The molecule has 6 nitrogen and oxygen atoms in total. The van der Waals surface area contributed by atoms with Crippen molar-refractivity contribution in [2.75, 3.05) is 13.7 Å². The fraction of sp³-hybridized carbons (Fsp3) is 0.786. The Morgan fingerprint density at radius 2 is 2.24 bits per heavy atom. The summed E-state index contributed by atoms with van der Waals surface area (Å²) >= 11 is 0. The zero-order chi connectivity index (χ0) is 15.5. The van der Waals surface area contributed by atoms with Crippen molar-refractivity contribution in [2.24, 2.45) is 5.92 Å². The summed E-state index contributed by atoms with van der Waals surface area (Å²) < 4.78 is 28.4. The molecule has 2 rings (SSSR count). The average Bonchev–Trinajstić information content (AvgIpc) is 2.93. The third-order valence-electron chi connectivity index (χ3n) is 4.25. The van der Waals surface area contributed by atoms with Crippen LogP contribution in [0.4, 0.5) is 0 Å². The van der Waals surface area contributed by atoms with Crippen molar-refractivity contribution in [1.29, 1.82) is 0 Å². The third kappa shape index (κ3) is 3.84. The van der Waals surface area contributed by atoms with Crippen LogP contribution < -0.4 is 0 Å². The number of nitrogens with zero attached hydrogens (tertiary/aromatic N) is 3. The highest BCUT2D eigenvalue weighted by Gasteiger charge is 2.31. The van der Waals surface area contributed by atoms with Crippen LogP contribution in [0.5, 0.6) is 0 Å². The lowest BCUT2D eigenvalue weighted by Gasteiger charge is -2.33. The summed E-state index contributed by atoms with van der Waals surface area (Å²) in [5.41, 5.74) is 0. The molecule has 1 aliphatic rings. The molecule has 1 aromatic heterocycles. The second-order valence-electron chi connectivity index (χ2n) is 5.96. The molecule has 1 aliphatic carbocycles. The van der Waals surface area contributed by atoms with Gasteiger partial charge in [0.25, 0.3) is 0 Å². The summed E-state index contributed by atoms with van der Waals surface area (Å²) in [5.74, 6) is 0.577. The van der Waals surface area contributed by atoms with E-state index in [0.717, 1.165) is 19.3 Å². The smallest absolute Gasteiger partial charge is 0.246 e. The van der Waals surface area contributed by atoms with E-state index in [1.807, 2.05) is 0 Å². The Balaban J connectivity index is 2.11. The Bertz CT molecular complexity index is 556. The molecule has 0 saturated heterocycles. The van der Waals surface area contributed by atoms with Gasteiger partial charge in [0.2, 0.25) is 10.0 Å². The first-order valence-electron chi connectivity index (χ1n) is 7.56. The maximum atomic E-state index is 12.6. The molecule has 0 radical (unpaired) electrons. The molecular formula is C14H25N3O3S. The van der Waals surface area contributed by atoms with Gasteiger partial charge in [-0.2, -0.15) is 9.40 Å². The number of hydrogen-bond acceptors (Lipinski definition) is 4. The summed E-state index contributed by atoms with van der Waals surface area (Å²) in [5, 5.41) is 12.9. The van der Waals surface area contributed by atoms with Crippen LogP contribution in [0.2, 0.25) is 0 Å². The van der Waals surface area contributed by atoms with Gasteiger partial charge in [-0.05, 0) is 25.2 Å². The Labute approximate surface area is 126 Å². The minimum absolute atomic E-state index is 0.0712. The van der Waals surface area contributed by atoms with E-state index in [9.17, 15) is 8.42 Å². The topological polar surface area (TPSA) is 75.4 Å². The van der Waals surface area contributed by atoms with E-state index in [2.05, 4.69) is 12.0 Å². The van der Waals surface area contributed by atoms with Gasteiger partial charge in [0.1, 0.15) is 4.90 Å². The molecule has 0 aliphatic heterocycles. The molecule has 1 N–H and O–H groups in total. The molecular weight excluding hydrogens is 290 g/mol. The highest BCUT2D eigenvalue weighted by Crippen LogP contribution is 2.29. The summed E-state index contributed by atoms with van der Waals surface area (Å²) in [6.45, 7) is 2.78. The Kier molecular flexibility index (Phi) is 5.40. The Hall–Kier alpha value is -0.920. The minimum atomic E-state index is -3.48. The summed E-state index contributed by atoms with van der Waals surface area (Å²) in [4.78, 5) is 0.237. The first kappa shape index (κ1) is 16.5. The van der Waals surface area contributed by atoms with Gasteiger partial charge in [0, 0.05) is 32.4 Å². The van der Waals surface area contributed by atoms with Crippen molar-refractivity contribution in [1.82, 2.24) is 14.1 Å². The number of aliphatic hydroxyl groups excluding tert-OH is 1. The van der Waals surface area contributed by atoms with Crippen LogP contribution in [0, 0.1) is 5.92 Å². The second kappa shape index (κ2) is 6.89. The number of aromatic nitrogens is 2. The molecule has 0 bridgehead atoms. The monoisotopic (exact) mass is 315 g/mol. The van der Waals surface area contributed by atoms with E-state index in [1.165, 1.54) is 16.9 Å². The number of sulfonamides is 1. The molecule has 1 aromatic rings. The molecule has 21 heavy (non-hydrogen) atoms. The molecule has 2 unspecified atom stereocenters. The van der Waals surface area contributed by atoms with Crippen molar-refractivity contribution in [3.05, 3.63) is 12.4 Å². The van der Waals surface area contributed by atoms with Gasteiger partial charge in [-0.1, -0.05) is 19.8 Å². The standard InChI is InChI=1S/C14H25N3O3S/c1-12-5-3-6-13(9-12)16(2)21(19,20)14-10-15-17(11-14)7-4-8-18/h10-13,18H,3-9H2,1-2H3. The normalized spacial score (nSPS) is 23.6. The largest absolute Gasteiger partial charge is 0.396 e. The molecule has 2 atom stereocenters. The van der Waals surface area contributed by atoms with Crippen molar-refractivity contribution in [2.45, 2.75) is 56.5 Å². The van der Waals surface area contributed by atoms with Crippen LogP contribution >= 0.6 is 0 Å². The van der Waals surface area contributed by atoms with Gasteiger partial charge in [0.15, 0.2) is 0 Å². The predicted molar refractivity (Wildman–Crippen MR) is 80.3 cm³/mol. The number of aliphatic hydroxyl groups is 1. The lowest BCUT2D eigenvalue weighted by molar-refractivity contribution is 0.239. The van der Waals surface area contributed by atoms with Gasteiger partial charge >= 0.3 is 0 Å². The predicted octanol–water partition coefficient (Wildman–Crippen LogP) is 1.46. The summed E-state index contributed by atoms with van der Waals surface area (Å²) in [6.07, 6.45) is 7.64. The fourth-order valence-electron chi connectivity index (χ4n) is 2.93. The van der Waals surface area contributed by atoms with Crippen molar-refractivity contribution < 1.29 is 13.5 Å². The Morgan fingerprint density at radius 3 is 2.90 bits per heavy atom. The van der Waals surface area contributed by atoms with Crippen LogP contribution in [-0.2, 0) is 16.6 Å². The van der Waals surface area contributed by atoms with Crippen LogP contribution in [0.1, 0.15) is 39.0 Å². The van der Waals surface area contributed by atoms with Crippen molar-refractivity contribution in [3.63, 3.8) is 0 Å². The zero-order valence-corrected chi connectivity index (χ0v) is 13.6. The molecule has 120 valence electrons. The maximum absolute atomic E-state index is 12.6. The van der Waals surface area contributed by atoms with Gasteiger partial charge < -0.3 is 5.11 Å². The maximum Gasteiger partial charge on any atom is 0.246 e. The third-order valence-corrected chi connectivity index (χ3v) is 6.12. The quantitative estimate of drug-likeness (QED) is 0.862.